The van der Waals surface area contributed by atoms with E-state index < -0.39 is 23.8 Å². The zero-order chi connectivity index (χ0) is 23.4. The number of anilines is 1. The maximum atomic E-state index is 13.0. The minimum Gasteiger partial charge on any atom is -0.455 e. The van der Waals surface area contributed by atoms with E-state index in [1.165, 1.54) is 0 Å². The number of Topliss-reactive ketones (excluding diaryl/α,β-unsaturated/α-hetero) is 1. The number of hydrogen-bond donors (Lipinski definition) is 0. The summed E-state index contributed by atoms with van der Waals surface area (Å²) in [6.45, 7) is 6.79. The van der Waals surface area contributed by atoms with Crippen molar-refractivity contribution in [3.8, 4) is 11.5 Å². The molecule has 1 aliphatic carbocycles. The lowest BCUT2D eigenvalue weighted by Crippen LogP contribution is -2.48. The van der Waals surface area contributed by atoms with Gasteiger partial charge in [-0.1, -0.05) is 42.5 Å². The molecule has 0 aromatic heterocycles. The van der Waals surface area contributed by atoms with Crippen LogP contribution in [0.4, 0.5) is 18.9 Å². The molecule has 2 aliphatic heterocycles. The number of ether oxygens (including phenoxy) is 1. The third-order valence-corrected chi connectivity index (χ3v) is 7.21. The summed E-state index contributed by atoms with van der Waals surface area (Å²) in [4.78, 5) is 14.1. The van der Waals surface area contributed by atoms with Gasteiger partial charge in [0.1, 0.15) is 5.75 Å². The topological polar surface area (TPSA) is 29.5 Å². The van der Waals surface area contributed by atoms with Gasteiger partial charge >= 0.3 is 6.18 Å². The summed E-state index contributed by atoms with van der Waals surface area (Å²) >= 11 is 0. The zero-order valence-corrected chi connectivity index (χ0v) is 18.5. The summed E-state index contributed by atoms with van der Waals surface area (Å²) in [5.74, 6) is -0.137. The predicted molar refractivity (Wildman–Crippen MR) is 123 cm³/mol. The van der Waals surface area contributed by atoms with Crippen LogP contribution in [-0.4, -0.2) is 24.5 Å². The largest absolute Gasteiger partial charge is 0.455 e. The van der Waals surface area contributed by atoms with Gasteiger partial charge in [0.2, 0.25) is 5.78 Å². The molecule has 5 rings (SSSR count). The molecule has 172 valence electrons. The van der Waals surface area contributed by atoms with Crippen molar-refractivity contribution in [2.24, 2.45) is 5.41 Å². The first-order valence-electron chi connectivity index (χ1n) is 11.3. The lowest BCUT2D eigenvalue weighted by molar-refractivity contribution is -0.170. The van der Waals surface area contributed by atoms with E-state index in [0.717, 1.165) is 66.1 Å². The van der Waals surface area contributed by atoms with Crippen LogP contribution in [0.15, 0.2) is 54.6 Å². The van der Waals surface area contributed by atoms with Crippen LogP contribution in [0.5, 0.6) is 11.5 Å². The van der Waals surface area contributed by atoms with Gasteiger partial charge in [0.15, 0.2) is 5.75 Å². The molecule has 1 fully saturated rings. The summed E-state index contributed by atoms with van der Waals surface area (Å²) in [7, 11) is 0. The van der Waals surface area contributed by atoms with Gasteiger partial charge in [0.25, 0.3) is 0 Å². The van der Waals surface area contributed by atoms with Crippen molar-refractivity contribution in [1.82, 2.24) is 0 Å². The highest BCUT2D eigenvalue weighted by Crippen LogP contribution is 2.59. The van der Waals surface area contributed by atoms with Crippen molar-refractivity contribution in [3.05, 3.63) is 71.3 Å². The van der Waals surface area contributed by atoms with E-state index >= 15 is 0 Å². The number of carbonyl (C=O) groups excluding carboxylic acids is 1. The van der Waals surface area contributed by atoms with E-state index in [9.17, 15) is 18.0 Å². The van der Waals surface area contributed by atoms with Crippen LogP contribution in [0.1, 0.15) is 42.4 Å². The molecular formula is C27H26F3NO2. The predicted octanol–water partition coefficient (Wildman–Crippen LogP) is 6.79. The molecule has 2 heterocycles. The molecule has 33 heavy (non-hydrogen) atoms. The van der Waals surface area contributed by atoms with Crippen LogP contribution in [-0.2, 0) is 11.2 Å². The smallest absolute Gasteiger partial charge is 0.450 e. The van der Waals surface area contributed by atoms with E-state index in [0.29, 0.717) is 5.57 Å². The Morgan fingerprint density at radius 3 is 2.82 bits per heavy atom. The fraction of sp³-hybridized carbons (Fsp3) is 0.370. The fourth-order valence-corrected chi connectivity index (χ4v) is 5.66. The molecule has 2 aromatic carbocycles. The molecule has 2 aromatic rings. The van der Waals surface area contributed by atoms with E-state index in [2.05, 4.69) is 17.5 Å². The lowest BCUT2D eigenvalue weighted by Gasteiger charge is -2.45. The van der Waals surface area contributed by atoms with E-state index in [1.807, 2.05) is 49.4 Å². The molecule has 1 saturated heterocycles. The Labute approximate surface area is 191 Å². The molecule has 0 bridgehead atoms. The van der Waals surface area contributed by atoms with Gasteiger partial charge in [0, 0.05) is 30.0 Å². The average Bonchev–Trinajstić information content (AvgIpc) is 3.42. The molecule has 0 saturated carbocycles. The number of nitrogens with zero attached hydrogens (tertiary/aromatic N) is 1. The number of halogens is 3. The standard InChI is InChI=1S/C27H26F3NO2/c1-3-18-13-17(2)14-22-25(18)31-12-6-11-26(16-20(26)15-24(32)27(28,29)30)23(31)10-9-19-7-4-5-8-21(19)33-22/h3-5,7-8,13-14,16,23H,1,6,9-12,15H2,2H3/t23-,26?/m0/s1. The third kappa shape index (κ3) is 3.75. The molecule has 0 N–H and O–H groups in total. The second kappa shape index (κ2) is 7.79. The second-order valence-corrected chi connectivity index (χ2v) is 9.27. The number of ketones is 1. The molecule has 0 amide bonds. The molecule has 3 nitrogen and oxygen atoms in total. The number of hydrogen-bond acceptors (Lipinski definition) is 3. The number of fused-ring (bicyclic) bond motifs is 5. The third-order valence-electron chi connectivity index (χ3n) is 7.21. The quantitative estimate of drug-likeness (QED) is 0.479. The molecule has 0 radical (unpaired) electrons. The summed E-state index contributed by atoms with van der Waals surface area (Å²) in [6, 6.07) is 11.9. The zero-order valence-electron chi connectivity index (χ0n) is 18.5. The van der Waals surface area contributed by atoms with Crippen LogP contribution in [0.2, 0.25) is 0 Å². The maximum Gasteiger partial charge on any atom is 0.450 e. The Morgan fingerprint density at radius 2 is 2.06 bits per heavy atom. The number of benzene rings is 2. The number of alkyl halides is 3. The number of aryl methyl sites for hydroxylation is 2. The number of carbonyl (C=O) groups is 1. The number of para-hydroxylation sites is 1. The molecule has 3 aliphatic rings. The van der Waals surface area contributed by atoms with Gasteiger partial charge in [-0.05, 0) is 61.9 Å². The van der Waals surface area contributed by atoms with Crippen molar-refractivity contribution in [1.29, 1.82) is 0 Å². The first-order chi connectivity index (χ1) is 15.7. The van der Waals surface area contributed by atoms with Crippen molar-refractivity contribution in [2.75, 3.05) is 11.4 Å². The van der Waals surface area contributed by atoms with E-state index in [4.69, 9.17) is 4.74 Å². The van der Waals surface area contributed by atoms with Gasteiger partial charge < -0.3 is 9.64 Å². The Balaban J connectivity index is 1.59. The summed E-state index contributed by atoms with van der Waals surface area (Å²) < 4.78 is 45.4. The lowest BCUT2D eigenvalue weighted by atomic mass is 9.77. The molecule has 1 spiro atoms. The summed E-state index contributed by atoms with van der Waals surface area (Å²) in [6.07, 6.45) is 1.47. The SMILES string of the molecule is C=Cc1cc(C)cc2c1N1CCCC3(C=C3CC(=O)C(F)(F)F)[C@@H]1CCc1ccccc1O2. The van der Waals surface area contributed by atoms with Crippen LogP contribution in [0.25, 0.3) is 6.08 Å². The summed E-state index contributed by atoms with van der Waals surface area (Å²) in [5, 5.41) is 0. The first kappa shape index (κ1) is 21.8. The monoisotopic (exact) mass is 453 g/mol. The van der Waals surface area contributed by atoms with Crippen LogP contribution < -0.4 is 9.64 Å². The second-order valence-electron chi connectivity index (χ2n) is 9.27. The Morgan fingerprint density at radius 1 is 1.27 bits per heavy atom. The van der Waals surface area contributed by atoms with Gasteiger partial charge in [-0.3, -0.25) is 4.79 Å². The van der Waals surface area contributed by atoms with E-state index in [-0.39, 0.29) is 6.04 Å². The number of piperidine rings is 1. The van der Waals surface area contributed by atoms with Gasteiger partial charge in [-0.2, -0.15) is 13.2 Å². The average molecular weight is 454 g/mol. The fourth-order valence-electron chi connectivity index (χ4n) is 5.66. The Hall–Kier alpha value is -3.02. The molecular weight excluding hydrogens is 427 g/mol. The van der Waals surface area contributed by atoms with Crippen LogP contribution in [0, 0.1) is 12.3 Å². The van der Waals surface area contributed by atoms with Crippen molar-refractivity contribution >= 4 is 17.5 Å². The van der Waals surface area contributed by atoms with Gasteiger partial charge in [0.05, 0.1) is 5.69 Å². The van der Waals surface area contributed by atoms with Crippen molar-refractivity contribution in [2.45, 2.75) is 51.2 Å². The first-order valence-corrected chi connectivity index (χ1v) is 11.3. The molecule has 1 unspecified atom stereocenters. The minimum absolute atomic E-state index is 0.0443. The van der Waals surface area contributed by atoms with Crippen LogP contribution >= 0.6 is 0 Å². The molecule has 2 atom stereocenters. The van der Waals surface area contributed by atoms with Crippen LogP contribution in [0.3, 0.4) is 0 Å². The highest BCUT2D eigenvalue weighted by atomic mass is 19.4. The van der Waals surface area contributed by atoms with Gasteiger partial charge in [-0.15, -0.1) is 0 Å². The highest BCUT2D eigenvalue weighted by Gasteiger charge is 2.56. The van der Waals surface area contributed by atoms with E-state index in [1.54, 1.807) is 0 Å². The highest BCUT2D eigenvalue weighted by molar-refractivity contribution is 5.88. The Kier molecular flexibility index (Phi) is 5.15. The normalized spacial score (nSPS) is 23.7. The van der Waals surface area contributed by atoms with Crippen molar-refractivity contribution in [3.63, 3.8) is 0 Å². The summed E-state index contributed by atoms with van der Waals surface area (Å²) in [5.41, 5.74) is 4.14. The Bertz CT molecular complexity index is 1170. The molecule has 6 heteroatoms. The van der Waals surface area contributed by atoms with Crippen molar-refractivity contribution < 1.29 is 22.7 Å². The maximum absolute atomic E-state index is 13.0. The minimum atomic E-state index is -4.80. The van der Waals surface area contributed by atoms with Gasteiger partial charge in [-0.25, -0.2) is 0 Å². The number of rotatable bonds is 3.